The van der Waals surface area contributed by atoms with Gasteiger partial charge in [0.25, 0.3) is 5.88 Å². The van der Waals surface area contributed by atoms with Crippen molar-refractivity contribution >= 4 is 27.6 Å². The van der Waals surface area contributed by atoms with Gasteiger partial charge >= 0.3 is 11.7 Å². The van der Waals surface area contributed by atoms with E-state index in [0.29, 0.717) is 10.2 Å². The molecule has 0 saturated carbocycles. The number of nitrogens with zero attached hydrogens (tertiary/aromatic N) is 2. The molecule has 7 nitrogen and oxygen atoms in total. The van der Waals surface area contributed by atoms with Crippen molar-refractivity contribution < 1.29 is 19.6 Å². The highest BCUT2D eigenvalue weighted by Crippen LogP contribution is 2.34. The Morgan fingerprint density at radius 1 is 1.38 bits per heavy atom. The molecule has 1 aromatic carbocycles. The molecule has 0 saturated heterocycles. The molecule has 21 heavy (non-hydrogen) atoms. The van der Waals surface area contributed by atoms with Gasteiger partial charge in [0, 0.05) is 11.8 Å². The number of carboxylic acid groups (broad SMARTS) is 1. The maximum Gasteiger partial charge on any atom is 0.335 e. The van der Waals surface area contributed by atoms with E-state index in [1.807, 2.05) is 0 Å². The van der Waals surface area contributed by atoms with Crippen LogP contribution in [0.25, 0.3) is 0 Å². The van der Waals surface area contributed by atoms with Crippen LogP contribution in [0.5, 0.6) is 11.6 Å². The third-order valence-corrected chi connectivity index (χ3v) is 3.22. The van der Waals surface area contributed by atoms with Crippen LogP contribution in [0, 0.1) is 17.0 Å². The molecule has 0 fully saturated rings. The summed E-state index contributed by atoms with van der Waals surface area (Å²) in [5, 5.41) is 19.9. The summed E-state index contributed by atoms with van der Waals surface area (Å²) in [7, 11) is 0. The summed E-state index contributed by atoms with van der Waals surface area (Å²) in [5.74, 6) is -1.18. The molecule has 0 spiro atoms. The van der Waals surface area contributed by atoms with Crippen LogP contribution in [-0.4, -0.2) is 21.0 Å². The lowest BCUT2D eigenvalue weighted by Gasteiger charge is -2.08. The summed E-state index contributed by atoms with van der Waals surface area (Å²) in [6.07, 6.45) is 0. The van der Waals surface area contributed by atoms with Crippen molar-refractivity contribution in [1.82, 2.24) is 4.98 Å². The predicted molar refractivity (Wildman–Crippen MR) is 76.8 cm³/mol. The Hall–Kier alpha value is -2.48. The van der Waals surface area contributed by atoms with E-state index in [-0.39, 0.29) is 22.9 Å². The quantitative estimate of drug-likeness (QED) is 0.666. The Balaban J connectivity index is 2.47. The molecule has 8 heteroatoms. The normalized spacial score (nSPS) is 10.2. The second kappa shape index (κ2) is 5.88. The minimum atomic E-state index is -1.13. The van der Waals surface area contributed by atoms with Gasteiger partial charge < -0.3 is 9.84 Å². The van der Waals surface area contributed by atoms with E-state index in [0.717, 1.165) is 0 Å². The maximum absolute atomic E-state index is 11.0. The minimum absolute atomic E-state index is 0.00325. The third kappa shape index (κ3) is 3.34. The van der Waals surface area contributed by atoms with Gasteiger partial charge in [-0.15, -0.1) is 0 Å². The first-order valence-corrected chi connectivity index (χ1v) is 6.50. The summed E-state index contributed by atoms with van der Waals surface area (Å²) < 4.78 is 5.87. The molecule has 2 aromatic rings. The number of carbonyl (C=O) groups is 1. The van der Waals surface area contributed by atoms with Crippen LogP contribution in [0.1, 0.15) is 16.1 Å². The molecule has 0 unspecified atom stereocenters. The number of aryl methyl sites for hydroxylation is 1. The van der Waals surface area contributed by atoms with E-state index in [1.165, 1.54) is 30.3 Å². The largest absolute Gasteiger partial charge is 0.478 e. The van der Waals surface area contributed by atoms with Gasteiger partial charge in [-0.3, -0.25) is 10.1 Å². The van der Waals surface area contributed by atoms with E-state index >= 15 is 0 Å². The number of pyridine rings is 1. The molecule has 1 heterocycles. The molecule has 1 aromatic heterocycles. The molecule has 0 amide bonds. The van der Waals surface area contributed by atoms with Crippen molar-refractivity contribution in [2.24, 2.45) is 0 Å². The van der Waals surface area contributed by atoms with Gasteiger partial charge in [0.15, 0.2) is 0 Å². The molecule has 0 atom stereocenters. The number of rotatable bonds is 4. The Labute approximate surface area is 127 Å². The van der Waals surface area contributed by atoms with E-state index in [4.69, 9.17) is 9.84 Å². The van der Waals surface area contributed by atoms with Crippen LogP contribution in [0.3, 0.4) is 0 Å². The predicted octanol–water partition coefficient (Wildman–Crippen LogP) is 3.55. The second-order valence-corrected chi connectivity index (χ2v) is 4.94. The summed E-state index contributed by atoms with van der Waals surface area (Å²) in [5.41, 5.74) is 0.248. The van der Waals surface area contributed by atoms with E-state index in [9.17, 15) is 14.9 Å². The Morgan fingerprint density at radius 2 is 2.10 bits per heavy atom. The summed E-state index contributed by atoms with van der Waals surface area (Å²) in [4.78, 5) is 25.3. The number of hydrogen-bond acceptors (Lipinski definition) is 5. The van der Waals surface area contributed by atoms with Crippen LogP contribution in [0.2, 0.25) is 0 Å². The van der Waals surface area contributed by atoms with Crippen LogP contribution in [0.15, 0.2) is 34.8 Å². The molecular weight excluding hydrogens is 344 g/mol. The fourth-order valence-corrected chi connectivity index (χ4v) is 1.89. The van der Waals surface area contributed by atoms with Crippen molar-refractivity contribution in [3.05, 3.63) is 56.2 Å². The second-order valence-electron chi connectivity index (χ2n) is 4.09. The first-order valence-electron chi connectivity index (χ1n) is 5.71. The lowest BCUT2D eigenvalue weighted by Crippen LogP contribution is -2.00. The topological polar surface area (TPSA) is 103 Å². The van der Waals surface area contributed by atoms with Gasteiger partial charge in [-0.25, -0.2) is 9.78 Å². The number of aromatic carboxylic acids is 1. The number of nitro groups is 1. The monoisotopic (exact) mass is 352 g/mol. The lowest BCUT2D eigenvalue weighted by atomic mass is 10.2. The van der Waals surface area contributed by atoms with Crippen molar-refractivity contribution in [2.75, 3.05) is 0 Å². The first kappa shape index (κ1) is 14.9. The Morgan fingerprint density at radius 3 is 2.71 bits per heavy atom. The average molecular weight is 353 g/mol. The van der Waals surface area contributed by atoms with Gasteiger partial charge in [-0.05, 0) is 47.1 Å². The smallest absolute Gasteiger partial charge is 0.335 e. The zero-order valence-electron chi connectivity index (χ0n) is 10.7. The number of hydrogen-bond donors (Lipinski definition) is 1. The number of benzene rings is 1. The molecule has 0 bridgehead atoms. The van der Waals surface area contributed by atoms with Crippen molar-refractivity contribution in [3.63, 3.8) is 0 Å². The number of carboxylic acids is 1. The average Bonchev–Trinajstić information content (AvgIpc) is 2.40. The van der Waals surface area contributed by atoms with Crippen LogP contribution < -0.4 is 4.74 Å². The van der Waals surface area contributed by atoms with Gasteiger partial charge in [0.2, 0.25) is 0 Å². The molecule has 1 N–H and O–H groups in total. The molecule has 0 aliphatic rings. The number of ether oxygens (including phenoxy) is 1. The van der Waals surface area contributed by atoms with E-state index < -0.39 is 10.9 Å². The standard InChI is InChI=1S/C13H9BrN2O5/c1-7-2-5-10(16(19)20)12(15-7)21-11-6-8(13(17)18)3-4-9(11)14/h2-6H,1H3,(H,17,18). The highest BCUT2D eigenvalue weighted by atomic mass is 79.9. The SMILES string of the molecule is Cc1ccc([N+](=O)[O-])c(Oc2cc(C(=O)O)ccc2Br)n1. The van der Waals surface area contributed by atoms with E-state index in [1.54, 1.807) is 6.92 Å². The van der Waals surface area contributed by atoms with Gasteiger partial charge in [-0.2, -0.15) is 0 Å². The molecular formula is C13H9BrN2O5. The number of halogens is 1. The molecule has 108 valence electrons. The zero-order valence-corrected chi connectivity index (χ0v) is 12.3. The Bertz CT molecular complexity index is 732. The first-order chi connectivity index (χ1) is 9.88. The number of aromatic nitrogens is 1. The molecule has 0 radical (unpaired) electrons. The molecule has 0 aliphatic heterocycles. The van der Waals surface area contributed by atoms with Crippen molar-refractivity contribution in [1.29, 1.82) is 0 Å². The van der Waals surface area contributed by atoms with Gasteiger partial charge in [0.1, 0.15) is 5.75 Å². The maximum atomic E-state index is 11.0. The van der Waals surface area contributed by atoms with E-state index in [2.05, 4.69) is 20.9 Å². The zero-order chi connectivity index (χ0) is 15.6. The summed E-state index contributed by atoms with van der Waals surface area (Å²) in [6, 6.07) is 6.91. The van der Waals surface area contributed by atoms with Crippen molar-refractivity contribution in [3.8, 4) is 11.6 Å². The van der Waals surface area contributed by atoms with Crippen LogP contribution in [-0.2, 0) is 0 Å². The summed E-state index contributed by atoms with van der Waals surface area (Å²) in [6.45, 7) is 1.67. The van der Waals surface area contributed by atoms with Gasteiger partial charge in [-0.1, -0.05) is 0 Å². The fraction of sp³-hybridized carbons (Fsp3) is 0.0769. The Kier molecular flexibility index (Phi) is 4.18. The van der Waals surface area contributed by atoms with Crippen LogP contribution in [0.4, 0.5) is 5.69 Å². The van der Waals surface area contributed by atoms with Gasteiger partial charge in [0.05, 0.1) is 15.0 Å². The summed E-state index contributed by atoms with van der Waals surface area (Å²) >= 11 is 3.20. The van der Waals surface area contributed by atoms with Crippen molar-refractivity contribution in [2.45, 2.75) is 6.92 Å². The molecule has 2 rings (SSSR count). The fourth-order valence-electron chi connectivity index (χ4n) is 1.56. The lowest BCUT2D eigenvalue weighted by molar-refractivity contribution is -0.386. The van der Waals surface area contributed by atoms with Crippen LogP contribution >= 0.6 is 15.9 Å². The molecule has 0 aliphatic carbocycles. The highest BCUT2D eigenvalue weighted by Gasteiger charge is 2.19. The highest BCUT2D eigenvalue weighted by molar-refractivity contribution is 9.10. The third-order valence-electron chi connectivity index (χ3n) is 2.56. The minimum Gasteiger partial charge on any atom is -0.478 e.